The van der Waals surface area contributed by atoms with E-state index in [0.717, 1.165) is 18.7 Å². The van der Waals surface area contributed by atoms with Crippen LogP contribution in [-0.2, 0) is 11.2 Å². The van der Waals surface area contributed by atoms with Crippen molar-refractivity contribution >= 4 is 5.91 Å². The molecule has 1 atom stereocenters. The summed E-state index contributed by atoms with van der Waals surface area (Å²) in [6.45, 7) is 2.84. The molecule has 0 aromatic heterocycles. The molecule has 1 N–H and O–H groups in total. The fraction of sp³-hybridized carbons (Fsp3) is 0.435. The average Bonchev–Trinajstić information content (AvgIpc) is 3.27. The molecule has 28 heavy (non-hydrogen) atoms. The molecule has 2 aromatic carbocycles. The van der Waals surface area contributed by atoms with Crippen LogP contribution >= 0.6 is 0 Å². The fourth-order valence-electron chi connectivity index (χ4n) is 3.78. The molecule has 5 nitrogen and oxygen atoms in total. The molecular formula is C23H30N2O3. The largest absolute Gasteiger partial charge is 0.493 e. The number of amides is 1. The van der Waals surface area contributed by atoms with E-state index in [1.165, 1.54) is 18.4 Å². The zero-order valence-electron chi connectivity index (χ0n) is 16.8. The van der Waals surface area contributed by atoms with E-state index in [9.17, 15) is 4.79 Å². The van der Waals surface area contributed by atoms with Crippen molar-refractivity contribution < 1.29 is 14.3 Å². The lowest BCUT2D eigenvalue weighted by Crippen LogP contribution is -2.36. The summed E-state index contributed by atoms with van der Waals surface area (Å²) in [6.07, 6.45) is 3.59. The fourth-order valence-corrected chi connectivity index (χ4v) is 3.78. The van der Waals surface area contributed by atoms with Crippen molar-refractivity contribution in [3.8, 4) is 11.5 Å². The second-order valence-electron chi connectivity index (χ2n) is 7.16. The molecule has 1 fully saturated rings. The molecule has 0 saturated carbocycles. The van der Waals surface area contributed by atoms with Crippen molar-refractivity contribution in [3.63, 3.8) is 0 Å². The summed E-state index contributed by atoms with van der Waals surface area (Å²) in [5.74, 6) is 1.47. The van der Waals surface area contributed by atoms with Gasteiger partial charge in [0.2, 0.25) is 5.91 Å². The van der Waals surface area contributed by atoms with Crippen LogP contribution in [-0.4, -0.2) is 44.7 Å². The summed E-state index contributed by atoms with van der Waals surface area (Å²) in [5, 5.41) is 3.14. The summed E-state index contributed by atoms with van der Waals surface area (Å²) in [6, 6.07) is 16.5. The van der Waals surface area contributed by atoms with Gasteiger partial charge in [-0.1, -0.05) is 36.4 Å². The van der Waals surface area contributed by atoms with E-state index in [1.54, 1.807) is 14.2 Å². The molecule has 1 saturated heterocycles. The van der Waals surface area contributed by atoms with Gasteiger partial charge in [0.1, 0.15) is 0 Å². The van der Waals surface area contributed by atoms with Crippen molar-refractivity contribution in [2.75, 3.05) is 33.9 Å². The number of likely N-dealkylation sites (tertiary alicyclic amines) is 1. The molecule has 1 unspecified atom stereocenters. The van der Waals surface area contributed by atoms with Gasteiger partial charge in [-0.15, -0.1) is 0 Å². The van der Waals surface area contributed by atoms with Gasteiger partial charge in [-0.3, -0.25) is 9.69 Å². The number of methoxy groups -OCH3 is 2. The van der Waals surface area contributed by atoms with Crippen LogP contribution in [0.5, 0.6) is 11.5 Å². The molecule has 150 valence electrons. The first kappa shape index (κ1) is 20.2. The molecule has 1 amide bonds. The van der Waals surface area contributed by atoms with E-state index in [2.05, 4.69) is 34.5 Å². The number of ether oxygens (including phenoxy) is 2. The predicted molar refractivity (Wildman–Crippen MR) is 111 cm³/mol. The van der Waals surface area contributed by atoms with Gasteiger partial charge in [-0.05, 0) is 55.6 Å². The van der Waals surface area contributed by atoms with Crippen LogP contribution in [0.1, 0.15) is 36.4 Å². The van der Waals surface area contributed by atoms with Gasteiger partial charge in [0.15, 0.2) is 11.5 Å². The maximum Gasteiger partial charge on any atom is 0.220 e. The van der Waals surface area contributed by atoms with E-state index in [0.29, 0.717) is 30.9 Å². The van der Waals surface area contributed by atoms with Gasteiger partial charge in [-0.25, -0.2) is 0 Å². The number of nitrogens with zero attached hydrogens (tertiary/aromatic N) is 1. The van der Waals surface area contributed by atoms with Gasteiger partial charge in [0, 0.05) is 13.0 Å². The Morgan fingerprint density at radius 3 is 2.43 bits per heavy atom. The normalized spacial score (nSPS) is 15.2. The van der Waals surface area contributed by atoms with Crippen LogP contribution in [0.15, 0.2) is 48.5 Å². The maximum absolute atomic E-state index is 12.5. The van der Waals surface area contributed by atoms with E-state index < -0.39 is 0 Å². The van der Waals surface area contributed by atoms with Crippen LogP contribution in [0.25, 0.3) is 0 Å². The highest BCUT2D eigenvalue weighted by Gasteiger charge is 2.23. The average molecular weight is 383 g/mol. The molecule has 1 aliphatic rings. The smallest absolute Gasteiger partial charge is 0.220 e. The van der Waals surface area contributed by atoms with E-state index >= 15 is 0 Å². The Morgan fingerprint density at radius 2 is 1.75 bits per heavy atom. The van der Waals surface area contributed by atoms with Gasteiger partial charge in [-0.2, -0.15) is 0 Å². The Balaban J connectivity index is 1.55. The van der Waals surface area contributed by atoms with Crippen LogP contribution < -0.4 is 14.8 Å². The number of carbonyl (C=O) groups excluding carboxylic acids is 1. The zero-order chi connectivity index (χ0) is 19.8. The lowest BCUT2D eigenvalue weighted by Gasteiger charge is -2.28. The molecule has 0 aliphatic carbocycles. The molecule has 1 aliphatic heterocycles. The maximum atomic E-state index is 12.5. The topological polar surface area (TPSA) is 50.8 Å². The number of nitrogens with one attached hydrogen (secondary N) is 1. The summed E-state index contributed by atoms with van der Waals surface area (Å²) in [4.78, 5) is 14.9. The van der Waals surface area contributed by atoms with Crippen molar-refractivity contribution in [1.82, 2.24) is 10.2 Å². The number of rotatable bonds is 9. The molecule has 3 rings (SSSR count). The van der Waals surface area contributed by atoms with Crippen LogP contribution in [0.2, 0.25) is 0 Å². The molecule has 0 spiro atoms. The quantitative estimate of drug-likeness (QED) is 0.720. The SMILES string of the molecule is COc1ccc(CCC(=O)NCC(c2ccccc2)N2CCCC2)cc1OC. The standard InChI is InChI=1S/C23H30N2O3/c1-27-21-12-10-18(16-22(21)28-2)11-13-23(26)24-17-20(25-14-6-7-15-25)19-8-4-3-5-9-19/h3-5,8-10,12,16,20H,6-7,11,13-15,17H2,1-2H3,(H,24,26). The van der Waals surface area contributed by atoms with Gasteiger partial charge < -0.3 is 14.8 Å². The minimum absolute atomic E-state index is 0.0786. The third kappa shape index (κ3) is 5.26. The predicted octanol–water partition coefficient (Wildman–Crippen LogP) is 3.59. The third-order valence-electron chi connectivity index (χ3n) is 5.35. The first-order valence-electron chi connectivity index (χ1n) is 9.98. The monoisotopic (exact) mass is 382 g/mol. The number of hydrogen-bond donors (Lipinski definition) is 1. The van der Waals surface area contributed by atoms with Crippen molar-refractivity contribution in [1.29, 1.82) is 0 Å². The lowest BCUT2D eigenvalue weighted by atomic mass is 10.1. The minimum Gasteiger partial charge on any atom is -0.493 e. The Morgan fingerprint density at radius 1 is 1.04 bits per heavy atom. The second-order valence-corrected chi connectivity index (χ2v) is 7.16. The Kier molecular flexibility index (Phi) is 7.31. The van der Waals surface area contributed by atoms with E-state index in [4.69, 9.17) is 9.47 Å². The third-order valence-corrected chi connectivity index (χ3v) is 5.35. The van der Waals surface area contributed by atoms with Crippen LogP contribution in [0.3, 0.4) is 0 Å². The summed E-state index contributed by atoms with van der Waals surface area (Å²) in [5.41, 5.74) is 2.33. The number of carbonyl (C=O) groups is 1. The van der Waals surface area contributed by atoms with Gasteiger partial charge in [0.25, 0.3) is 0 Å². The summed E-state index contributed by atoms with van der Waals surface area (Å²) >= 11 is 0. The summed E-state index contributed by atoms with van der Waals surface area (Å²) in [7, 11) is 3.24. The van der Waals surface area contributed by atoms with E-state index in [1.807, 2.05) is 24.3 Å². The highest BCUT2D eigenvalue weighted by molar-refractivity contribution is 5.76. The van der Waals surface area contributed by atoms with Gasteiger partial charge >= 0.3 is 0 Å². The minimum atomic E-state index is 0.0786. The first-order chi connectivity index (χ1) is 13.7. The highest BCUT2D eigenvalue weighted by atomic mass is 16.5. The number of hydrogen-bond acceptors (Lipinski definition) is 4. The van der Waals surface area contributed by atoms with Crippen molar-refractivity contribution in [2.45, 2.75) is 31.7 Å². The van der Waals surface area contributed by atoms with Crippen LogP contribution in [0, 0.1) is 0 Å². The lowest BCUT2D eigenvalue weighted by molar-refractivity contribution is -0.121. The summed E-state index contributed by atoms with van der Waals surface area (Å²) < 4.78 is 10.6. The van der Waals surface area contributed by atoms with Crippen molar-refractivity contribution in [3.05, 3.63) is 59.7 Å². The molecule has 0 bridgehead atoms. The highest BCUT2D eigenvalue weighted by Crippen LogP contribution is 2.28. The molecule has 2 aromatic rings. The van der Waals surface area contributed by atoms with E-state index in [-0.39, 0.29) is 11.9 Å². The Bertz CT molecular complexity index is 758. The van der Waals surface area contributed by atoms with Crippen LogP contribution in [0.4, 0.5) is 0 Å². The Hall–Kier alpha value is -2.53. The number of aryl methyl sites for hydroxylation is 1. The number of benzene rings is 2. The van der Waals surface area contributed by atoms with Crippen molar-refractivity contribution in [2.24, 2.45) is 0 Å². The van der Waals surface area contributed by atoms with Gasteiger partial charge in [0.05, 0.1) is 20.3 Å². The molecule has 5 heteroatoms. The molecule has 0 radical (unpaired) electrons. The first-order valence-corrected chi connectivity index (χ1v) is 9.98. The Labute approximate surface area is 167 Å². The molecule has 1 heterocycles. The zero-order valence-corrected chi connectivity index (χ0v) is 16.8. The second kappa shape index (κ2) is 10.1. The molecular weight excluding hydrogens is 352 g/mol.